The Labute approximate surface area is 129 Å². The summed E-state index contributed by atoms with van der Waals surface area (Å²) in [5.41, 5.74) is 8.61. The van der Waals surface area contributed by atoms with Crippen LogP contribution in [0.4, 0.5) is 5.95 Å². The minimum Gasteiger partial charge on any atom is -0.369 e. The van der Waals surface area contributed by atoms with Crippen LogP contribution < -0.4 is 11.4 Å². The number of benzene rings is 1. The molecule has 0 saturated carbocycles. The number of anilines is 1. The van der Waals surface area contributed by atoms with Crippen molar-refractivity contribution in [3.63, 3.8) is 0 Å². The van der Waals surface area contributed by atoms with Crippen molar-refractivity contribution in [2.75, 3.05) is 5.73 Å². The van der Waals surface area contributed by atoms with E-state index in [4.69, 9.17) is 5.73 Å². The summed E-state index contributed by atoms with van der Waals surface area (Å²) in [4.78, 5) is 21.1. The monoisotopic (exact) mass is 296 g/mol. The van der Waals surface area contributed by atoms with Gasteiger partial charge in [0.05, 0.1) is 5.69 Å². The third kappa shape index (κ3) is 2.43. The van der Waals surface area contributed by atoms with Crippen LogP contribution in [0.3, 0.4) is 0 Å². The van der Waals surface area contributed by atoms with E-state index >= 15 is 0 Å². The molecule has 1 aliphatic rings. The van der Waals surface area contributed by atoms with Crippen LogP contribution >= 0.6 is 0 Å². The normalized spacial score (nSPS) is 17.1. The minimum atomic E-state index is -0.355. The fourth-order valence-corrected chi connectivity index (χ4v) is 2.99. The SMILES string of the molecule is CCc1cccc(C)c1-n1c(N)nc(C2C=CCC2)nc1=O. The van der Waals surface area contributed by atoms with E-state index in [-0.39, 0.29) is 17.6 Å². The summed E-state index contributed by atoms with van der Waals surface area (Å²) in [6.45, 7) is 4.02. The van der Waals surface area contributed by atoms with E-state index in [1.807, 2.05) is 31.2 Å². The molecule has 2 aromatic rings. The van der Waals surface area contributed by atoms with Crippen molar-refractivity contribution >= 4 is 5.95 Å². The summed E-state index contributed by atoms with van der Waals surface area (Å²) in [5.74, 6) is 0.839. The summed E-state index contributed by atoms with van der Waals surface area (Å²) in [5, 5.41) is 0. The third-order valence-electron chi connectivity index (χ3n) is 4.13. The van der Waals surface area contributed by atoms with Crippen molar-refractivity contribution in [2.24, 2.45) is 0 Å². The first-order valence-electron chi connectivity index (χ1n) is 7.63. The van der Waals surface area contributed by atoms with Gasteiger partial charge in [-0.3, -0.25) is 0 Å². The Morgan fingerprint density at radius 3 is 2.82 bits per heavy atom. The second-order valence-electron chi connectivity index (χ2n) is 5.61. The van der Waals surface area contributed by atoms with E-state index in [1.54, 1.807) is 0 Å². The molecular formula is C17H20N4O. The van der Waals surface area contributed by atoms with Crippen molar-refractivity contribution in [3.05, 3.63) is 57.8 Å². The second kappa shape index (κ2) is 5.75. The van der Waals surface area contributed by atoms with Crippen molar-refractivity contribution in [1.29, 1.82) is 0 Å². The Bertz CT molecular complexity index is 792. The molecule has 5 nitrogen and oxygen atoms in total. The minimum absolute atomic E-state index is 0.104. The van der Waals surface area contributed by atoms with Crippen LogP contribution in [-0.2, 0) is 6.42 Å². The highest BCUT2D eigenvalue weighted by Crippen LogP contribution is 2.26. The second-order valence-corrected chi connectivity index (χ2v) is 5.61. The number of nitrogen functional groups attached to an aromatic ring is 1. The summed E-state index contributed by atoms with van der Waals surface area (Å²) < 4.78 is 1.43. The molecule has 5 heteroatoms. The fourth-order valence-electron chi connectivity index (χ4n) is 2.99. The number of aryl methyl sites for hydroxylation is 2. The molecule has 0 radical (unpaired) electrons. The van der Waals surface area contributed by atoms with Gasteiger partial charge in [0.1, 0.15) is 5.82 Å². The molecule has 0 aliphatic heterocycles. The van der Waals surface area contributed by atoms with Gasteiger partial charge < -0.3 is 5.73 Å². The smallest absolute Gasteiger partial charge is 0.356 e. The van der Waals surface area contributed by atoms with E-state index < -0.39 is 0 Å². The lowest BCUT2D eigenvalue weighted by atomic mass is 10.1. The van der Waals surface area contributed by atoms with Gasteiger partial charge in [-0.2, -0.15) is 9.97 Å². The number of nitrogens with two attached hydrogens (primary N) is 1. The molecule has 0 bridgehead atoms. The first-order chi connectivity index (χ1) is 10.6. The Balaban J connectivity index is 2.17. The number of rotatable bonds is 3. The predicted molar refractivity (Wildman–Crippen MR) is 87.3 cm³/mol. The predicted octanol–water partition coefficient (Wildman–Crippen LogP) is 2.51. The molecule has 2 N–H and O–H groups in total. The van der Waals surface area contributed by atoms with E-state index in [2.05, 4.69) is 23.0 Å². The molecule has 1 aliphatic carbocycles. The lowest BCUT2D eigenvalue weighted by Gasteiger charge is -2.16. The maximum atomic E-state index is 12.5. The number of allylic oxidation sites excluding steroid dienone is 2. The Hall–Kier alpha value is -2.43. The summed E-state index contributed by atoms with van der Waals surface area (Å²) in [6, 6.07) is 5.95. The average Bonchev–Trinajstić information content (AvgIpc) is 3.02. The van der Waals surface area contributed by atoms with Crippen LogP contribution in [0, 0.1) is 6.92 Å². The molecule has 3 rings (SSSR count). The van der Waals surface area contributed by atoms with Crippen molar-refractivity contribution in [1.82, 2.24) is 14.5 Å². The van der Waals surface area contributed by atoms with Gasteiger partial charge in [-0.15, -0.1) is 0 Å². The number of aromatic nitrogens is 3. The number of hydrogen-bond acceptors (Lipinski definition) is 4. The van der Waals surface area contributed by atoms with Crippen LogP contribution in [0.25, 0.3) is 5.69 Å². The molecule has 1 heterocycles. The summed E-state index contributed by atoms with van der Waals surface area (Å²) in [7, 11) is 0. The molecule has 0 spiro atoms. The molecule has 22 heavy (non-hydrogen) atoms. The Morgan fingerprint density at radius 1 is 1.36 bits per heavy atom. The van der Waals surface area contributed by atoms with Crippen LogP contribution in [0.5, 0.6) is 0 Å². The first-order valence-corrected chi connectivity index (χ1v) is 7.63. The Morgan fingerprint density at radius 2 is 2.18 bits per heavy atom. The highest BCUT2D eigenvalue weighted by Gasteiger charge is 2.19. The Kier molecular flexibility index (Phi) is 3.79. The zero-order chi connectivity index (χ0) is 15.7. The highest BCUT2D eigenvalue weighted by atomic mass is 16.1. The third-order valence-corrected chi connectivity index (χ3v) is 4.13. The maximum absolute atomic E-state index is 12.5. The van der Waals surface area contributed by atoms with Crippen molar-refractivity contribution in [3.8, 4) is 5.69 Å². The number of hydrogen-bond donors (Lipinski definition) is 1. The lowest BCUT2D eigenvalue weighted by molar-refractivity contribution is 0.706. The van der Waals surface area contributed by atoms with E-state index in [1.165, 1.54) is 4.57 Å². The topological polar surface area (TPSA) is 73.8 Å². The van der Waals surface area contributed by atoms with Crippen LogP contribution in [0.1, 0.15) is 42.6 Å². The molecule has 114 valence electrons. The first kappa shape index (κ1) is 14.5. The quantitative estimate of drug-likeness (QED) is 0.883. The molecule has 1 unspecified atom stereocenters. The van der Waals surface area contributed by atoms with Gasteiger partial charge >= 0.3 is 5.69 Å². The summed E-state index contributed by atoms with van der Waals surface area (Å²) >= 11 is 0. The number of nitrogens with zero attached hydrogens (tertiary/aromatic N) is 3. The number of para-hydroxylation sites is 1. The zero-order valence-electron chi connectivity index (χ0n) is 12.9. The largest absolute Gasteiger partial charge is 0.369 e. The van der Waals surface area contributed by atoms with Crippen molar-refractivity contribution < 1.29 is 0 Å². The van der Waals surface area contributed by atoms with Gasteiger partial charge in [-0.05, 0) is 37.3 Å². The van der Waals surface area contributed by atoms with Gasteiger partial charge in [0, 0.05) is 5.92 Å². The molecule has 1 aromatic heterocycles. The zero-order valence-corrected chi connectivity index (χ0v) is 12.9. The maximum Gasteiger partial charge on any atom is 0.356 e. The fraction of sp³-hybridized carbons (Fsp3) is 0.353. The van der Waals surface area contributed by atoms with Crippen LogP contribution in [0.2, 0.25) is 0 Å². The molecule has 0 fully saturated rings. The molecule has 1 aromatic carbocycles. The van der Waals surface area contributed by atoms with E-state index in [0.717, 1.165) is 36.1 Å². The molecule has 0 saturated heterocycles. The van der Waals surface area contributed by atoms with Gasteiger partial charge in [0.2, 0.25) is 5.95 Å². The van der Waals surface area contributed by atoms with Crippen LogP contribution in [0.15, 0.2) is 35.1 Å². The van der Waals surface area contributed by atoms with E-state index in [9.17, 15) is 4.79 Å². The van der Waals surface area contributed by atoms with Gasteiger partial charge in [0.15, 0.2) is 0 Å². The van der Waals surface area contributed by atoms with E-state index in [0.29, 0.717) is 5.82 Å². The van der Waals surface area contributed by atoms with Gasteiger partial charge in [0.25, 0.3) is 0 Å². The standard InChI is InChI=1S/C17H20N4O/c1-3-12-10-6-7-11(2)14(12)21-16(18)19-15(20-17(21)22)13-8-4-5-9-13/h4,6-8,10,13H,3,5,9H2,1-2H3,(H2,18,19,20,22). The molecular weight excluding hydrogens is 276 g/mol. The molecule has 0 amide bonds. The van der Waals surface area contributed by atoms with Gasteiger partial charge in [-0.1, -0.05) is 37.3 Å². The molecule has 1 atom stereocenters. The summed E-state index contributed by atoms with van der Waals surface area (Å²) in [6.07, 6.45) is 6.88. The average molecular weight is 296 g/mol. The lowest BCUT2D eigenvalue weighted by Crippen LogP contribution is -2.29. The van der Waals surface area contributed by atoms with Crippen LogP contribution in [-0.4, -0.2) is 14.5 Å². The van der Waals surface area contributed by atoms with Crippen molar-refractivity contribution in [2.45, 2.75) is 39.0 Å². The highest BCUT2D eigenvalue weighted by molar-refractivity contribution is 5.50. The van der Waals surface area contributed by atoms with Gasteiger partial charge in [-0.25, -0.2) is 9.36 Å².